The molecule has 0 saturated heterocycles. The summed E-state index contributed by atoms with van der Waals surface area (Å²) in [5.41, 5.74) is 1.02. The number of nitrogens with one attached hydrogen (secondary N) is 1. The number of benzene rings is 1. The molecular formula is C16H19N3O5S. The molecule has 1 heterocycles. The van der Waals surface area contributed by atoms with E-state index in [-0.39, 0.29) is 18.1 Å². The van der Waals surface area contributed by atoms with E-state index < -0.39 is 22.4 Å². The highest BCUT2D eigenvalue weighted by molar-refractivity contribution is 7.80. The molecule has 1 aliphatic rings. The number of Topliss-reactive ketones (excluding diaryl/α,β-unsaturated/α-hetero) is 1. The van der Waals surface area contributed by atoms with Gasteiger partial charge in [-0.15, -0.1) is 0 Å². The van der Waals surface area contributed by atoms with Crippen LogP contribution < -0.4 is 10.1 Å². The smallest absolute Gasteiger partial charge is 0.315 e. The number of aromatic hydroxyl groups is 1. The van der Waals surface area contributed by atoms with Gasteiger partial charge in [0.2, 0.25) is 5.75 Å². The van der Waals surface area contributed by atoms with Crippen molar-refractivity contribution in [1.29, 1.82) is 0 Å². The van der Waals surface area contributed by atoms with Crippen molar-refractivity contribution in [2.45, 2.75) is 26.8 Å². The molecule has 25 heavy (non-hydrogen) atoms. The summed E-state index contributed by atoms with van der Waals surface area (Å²) < 4.78 is 5.30. The van der Waals surface area contributed by atoms with E-state index >= 15 is 0 Å². The number of allylic oxidation sites excluding steroid dienone is 1. The highest BCUT2D eigenvalue weighted by Crippen LogP contribution is 2.41. The highest BCUT2D eigenvalue weighted by Gasteiger charge is 2.33. The second kappa shape index (κ2) is 7.06. The predicted octanol–water partition coefficient (Wildman–Crippen LogP) is 2.42. The Morgan fingerprint density at radius 3 is 2.68 bits per heavy atom. The van der Waals surface area contributed by atoms with Gasteiger partial charge in [0.25, 0.3) is 0 Å². The van der Waals surface area contributed by atoms with Gasteiger partial charge in [-0.25, -0.2) is 0 Å². The molecule has 0 spiro atoms. The lowest BCUT2D eigenvalue weighted by Gasteiger charge is -2.35. The van der Waals surface area contributed by atoms with Crippen LogP contribution in [0.25, 0.3) is 0 Å². The molecule has 0 radical (unpaired) electrons. The van der Waals surface area contributed by atoms with Gasteiger partial charge in [0.15, 0.2) is 16.6 Å². The van der Waals surface area contributed by atoms with Crippen molar-refractivity contribution in [3.05, 3.63) is 39.1 Å². The number of nitro benzene ring substituents is 1. The monoisotopic (exact) mass is 365 g/mol. The van der Waals surface area contributed by atoms with E-state index in [9.17, 15) is 20.0 Å². The van der Waals surface area contributed by atoms with Crippen molar-refractivity contribution in [2.24, 2.45) is 0 Å². The fraction of sp³-hybridized carbons (Fsp3) is 0.375. The first kappa shape index (κ1) is 18.7. The van der Waals surface area contributed by atoms with Gasteiger partial charge < -0.3 is 20.1 Å². The fourth-order valence-corrected chi connectivity index (χ4v) is 2.98. The lowest BCUT2D eigenvalue weighted by Crippen LogP contribution is -2.45. The minimum absolute atomic E-state index is 0.0149. The lowest BCUT2D eigenvalue weighted by atomic mass is 9.92. The number of hydrogen-bond acceptors (Lipinski definition) is 6. The molecule has 8 nitrogen and oxygen atoms in total. The summed E-state index contributed by atoms with van der Waals surface area (Å²) in [7, 11) is 1.73. The summed E-state index contributed by atoms with van der Waals surface area (Å²) in [6.07, 6.45) is 0. The average molecular weight is 365 g/mol. The second-order valence-electron chi connectivity index (χ2n) is 5.57. The second-order valence-corrected chi connectivity index (χ2v) is 5.96. The Morgan fingerprint density at radius 1 is 1.52 bits per heavy atom. The molecule has 1 aromatic rings. The molecule has 1 unspecified atom stereocenters. The van der Waals surface area contributed by atoms with E-state index in [4.69, 9.17) is 17.0 Å². The molecule has 2 rings (SSSR count). The summed E-state index contributed by atoms with van der Waals surface area (Å²) in [4.78, 5) is 24.4. The number of thiocarbonyl (C=S) groups is 1. The van der Waals surface area contributed by atoms with Crippen LogP contribution in [-0.2, 0) is 4.79 Å². The summed E-state index contributed by atoms with van der Waals surface area (Å²) in [5.74, 6) is -0.742. The normalized spacial score (nSPS) is 17.4. The number of carbonyl (C=O) groups is 1. The van der Waals surface area contributed by atoms with E-state index in [0.29, 0.717) is 21.9 Å². The van der Waals surface area contributed by atoms with Crippen LogP contribution in [-0.4, -0.2) is 39.5 Å². The van der Waals surface area contributed by atoms with Crippen molar-refractivity contribution < 1.29 is 19.6 Å². The number of nitrogens with zero attached hydrogens (tertiary/aromatic N) is 2. The number of phenols is 1. The molecule has 1 atom stereocenters. The third-order valence-corrected chi connectivity index (χ3v) is 4.43. The highest BCUT2D eigenvalue weighted by atomic mass is 32.1. The fourth-order valence-electron chi connectivity index (χ4n) is 2.73. The molecule has 1 aromatic carbocycles. The maximum absolute atomic E-state index is 12.2. The molecule has 0 aromatic heterocycles. The Morgan fingerprint density at radius 2 is 2.16 bits per heavy atom. The molecule has 1 aliphatic heterocycles. The Balaban J connectivity index is 2.69. The Hall–Kier alpha value is -2.68. The van der Waals surface area contributed by atoms with Crippen molar-refractivity contribution in [2.75, 3.05) is 13.7 Å². The van der Waals surface area contributed by atoms with Gasteiger partial charge in [-0.3, -0.25) is 14.9 Å². The zero-order valence-corrected chi connectivity index (χ0v) is 15.1. The standard InChI is InChI=1S/C16H19N3O5S/c1-5-24-12-7-10(6-11(15(12)21)19(22)23)14-13(9(3)20)8(2)18(4)16(25)17-14/h6-7,14,21H,5H2,1-4H3,(H,17,25). The predicted molar refractivity (Wildman–Crippen MR) is 95.5 cm³/mol. The maximum Gasteiger partial charge on any atom is 0.315 e. The summed E-state index contributed by atoms with van der Waals surface area (Å²) in [6.45, 7) is 5.11. The van der Waals surface area contributed by atoms with Gasteiger partial charge in [-0.1, -0.05) is 0 Å². The Labute approximate surface area is 150 Å². The molecule has 0 saturated carbocycles. The number of rotatable bonds is 5. The maximum atomic E-state index is 12.2. The summed E-state index contributed by atoms with van der Waals surface area (Å²) >= 11 is 5.27. The van der Waals surface area contributed by atoms with E-state index in [1.54, 1.807) is 25.8 Å². The van der Waals surface area contributed by atoms with Gasteiger partial charge in [0.05, 0.1) is 17.6 Å². The van der Waals surface area contributed by atoms with Crippen molar-refractivity contribution in [1.82, 2.24) is 10.2 Å². The molecule has 2 N–H and O–H groups in total. The van der Waals surface area contributed by atoms with Crippen LogP contribution in [0.15, 0.2) is 23.4 Å². The van der Waals surface area contributed by atoms with Crippen LogP contribution in [0.3, 0.4) is 0 Å². The third-order valence-electron chi connectivity index (χ3n) is 4.04. The number of ketones is 1. The van der Waals surface area contributed by atoms with Crippen LogP contribution in [0.5, 0.6) is 11.5 Å². The quantitative estimate of drug-likeness (QED) is 0.466. The number of hydrogen-bond donors (Lipinski definition) is 2. The van der Waals surface area contributed by atoms with Gasteiger partial charge in [-0.05, 0) is 44.6 Å². The summed E-state index contributed by atoms with van der Waals surface area (Å²) in [5, 5.41) is 24.7. The van der Waals surface area contributed by atoms with E-state index in [1.807, 2.05) is 0 Å². The Bertz CT molecular complexity index is 790. The van der Waals surface area contributed by atoms with E-state index in [2.05, 4.69) is 5.32 Å². The molecule has 134 valence electrons. The molecule has 9 heteroatoms. The van der Waals surface area contributed by atoms with Crippen molar-refractivity contribution in [3.63, 3.8) is 0 Å². The van der Waals surface area contributed by atoms with Crippen LogP contribution >= 0.6 is 12.2 Å². The third kappa shape index (κ3) is 3.41. The number of ether oxygens (including phenoxy) is 1. The first-order valence-corrected chi connectivity index (χ1v) is 7.99. The van der Waals surface area contributed by atoms with Crippen molar-refractivity contribution in [3.8, 4) is 11.5 Å². The van der Waals surface area contributed by atoms with Gasteiger partial charge in [0, 0.05) is 24.4 Å². The van der Waals surface area contributed by atoms with Crippen molar-refractivity contribution >= 4 is 28.8 Å². The molecule has 0 fully saturated rings. The van der Waals surface area contributed by atoms with Crippen LogP contribution in [0.4, 0.5) is 5.69 Å². The van der Waals surface area contributed by atoms with Crippen LogP contribution in [0, 0.1) is 10.1 Å². The number of phenolic OH excluding ortho intramolecular Hbond substituents is 1. The Kier molecular flexibility index (Phi) is 5.27. The minimum atomic E-state index is -0.696. The largest absolute Gasteiger partial charge is 0.500 e. The molecule has 0 bridgehead atoms. The van der Waals surface area contributed by atoms with Gasteiger partial charge >= 0.3 is 5.69 Å². The molecule has 0 aliphatic carbocycles. The van der Waals surface area contributed by atoms with Crippen LogP contribution in [0.1, 0.15) is 32.4 Å². The first-order chi connectivity index (χ1) is 11.7. The topological polar surface area (TPSA) is 105 Å². The zero-order valence-electron chi connectivity index (χ0n) is 14.3. The first-order valence-electron chi connectivity index (χ1n) is 7.59. The van der Waals surface area contributed by atoms with Gasteiger partial charge in [-0.2, -0.15) is 0 Å². The van der Waals surface area contributed by atoms with Gasteiger partial charge in [0.1, 0.15) is 0 Å². The number of nitro groups is 1. The number of carbonyl (C=O) groups excluding carboxylic acids is 1. The molecular weight excluding hydrogens is 346 g/mol. The van der Waals surface area contributed by atoms with E-state index in [1.165, 1.54) is 19.1 Å². The SMILES string of the molecule is CCOc1cc(C2NC(=S)N(C)C(C)=C2C(C)=O)cc([N+](=O)[O-])c1O. The summed E-state index contributed by atoms with van der Waals surface area (Å²) in [6, 6.07) is 2.03. The average Bonchev–Trinajstić information content (AvgIpc) is 2.53. The van der Waals surface area contributed by atoms with E-state index in [0.717, 1.165) is 0 Å². The zero-order chi connectivity index (χ0) is 18.9. The molecule has 0 amide bonds. The lowest BCUT2D eigenvalue weighted by molar-refractivity contribution is -0.386. The minimum Gasteiger partial charge on any atom is -0.500 e. The van der Waals surface area contributed by atoms with Crippen LogP contribution in [0.2, 0.25) is 0 Å².